The predicted molar refractivity (Wildman–Crippen MR) is 93.2 cm³/mol. The lowest BCUT2D eigenvalue weighted by molar-refractivity contribution is -0.386. The van der Waals surface area contributed by atoms with E-state index < -0.39 is 38.8 Å². The number of carbonyl (C=O) groups excluding carboxylic acids is 1. The first-order chi connectivity index (χ1) is 12.5. The summed E-state index contributed by atoms with van der Waals surface area (Å²) in [5.74, 6) is -1.59. The lowest BCUT2D eigenvalue weighted by Gasteiger charge is -2.15. The Morgan fingerprint density at radius 1 is 1.41 bits per heavy atom. The third kappa shape index (κ3) is 6.97. The van der Waals surface area contributed by atoms with Crippen LogP contribution in [-0.4, -0.2) is 61.0 Å². The summed E-state index contributed by atoms with van der Waals surface area (Å²) in [5.41, 5.74) is 5.02. The molecule has 27 heavy (non-hydrogen) atoms. The predicted octanol–water partition coefficient (Wildman–Crippen LogP) is -0.633. The zero-order valence-corrected chi connectivity index (χ0v) is 15.4. The Morgan fingerprint density at radius 3 is 2.52 bits per heavy atom. The summed E-state index contributed by atoms with van der Waals surface area (Å²) in [4.78, 5) is 22.1. The molecule has 0 aliphatic heterocycles. The second kappa shape index (κ2) is 9.45. The van der Waals surface area contributed by atoms with E-state index in [0.717, 1.165) is 6.07 Å². The molecule has 0 aliphatic carbocycles. The van der Waals surface area contributed by atoms with Crippen LogP contribution < -0.4 is 20.5 Å². The van der Waals surface area contributed by atoms with Crippen molar-refractivity contribution in [2.24, 2.45) is 5.73 Å². The fourth-order valence-electron chi connectivity index (χ4n) is 2.10. The standard InChI is InChI=1S/C14H21N3O9S/c1-8(18)9-5-12(25-2)13(6-11(9)17(20)21)26-4-3-16-14(19)10(15)7-27(22,23)24/h5-6,8,10,18H,3-4,7,15H2,1-2H3,(H,16,19)(H,22,23,24). The average molecular weight is 407 g/mol. The molecule has 0 bridgehead atoms. The number of nitrogens with one attached hydrogen (secondary N) is 1. The van der Waals surface area contributed by atoms with Crippen LogP contribution in [-0.2, 0) is 14.9 Å². The van der Waals surface area contributed by atoms with Gasteiger partial charge in [-0.3, -0.25) is 19.5 Å². The molecule has 2 unspecified atom stereocenters. The number of aliphatic hydroxyl groups is 1. The van der Waals surface area contributed by atoms with Crippen molar-refractivity contribution in [3.8, 4) is 11.5 Å². The molecule has 1 amide bonds. The molecule has 0 heterocycles. The second-order valence-corrected chi connectivity index (χ2v) is 6.99. The average Bonchev–Trinajstić information content (AvgIpc) is 2.55. The van der Waals surface area contributed by atoms with E-state index in [2.05, 4.69) is 5.32 Å². The van der Waals surface area contributed by atoms with Crippen molar-refractivity contribution in [1.29, 1.82) is 0 Å². The molecule has 0 aromatic heterocycles. The number of methoxy groups -OCH3 is 1. The number of ether oxygens (including phenoxy) is 2. The van der Waals surface area contributed by atoms with E-state index in [9.17, 15) is 28.4 Å². The fourth-order valence-corrected chi connectivity index (χ4v) is 2.70. The Bertz CT molecular complexity index is 795. The summed E-state index contributed by atoms with van der Waals surface area (Å²) in [5, 5.41) is 23.1. The number of benzene rings is 1. The number of hydrogen-bond donors (Lipinski definition) is 4. The van der Waals surface area contributed by atoms with Crippen molar-refractivity contribution in [2.45, 2.75) is 19.1 Å². The van der Waals surface area contributed by atoms with E-state index >= 15 is 0 Å². The van der Waals surface area contributed by atoms with Crippen molar-refractivity contribution >= 4 is 21.7 Å². The molecular formula is C14H21N3O9S. The van der Waals surface area contributed by atoms with E-state index in [0.29, 0.717) is 0 Å². The van der Waals surface area contributed by atoms with Crippen LogP contribution in [0.15, 0.2) is 12.1 Å². The van der Waals surface area contributed by atoms with E-state index in [-0.39, 0.29) is 35.9 Å². The SMILES string of the molecule is COc1cc(C(C)O)c([N+](=O)[O-])cc1OCCNC(=O)C(N)CS(=O)(=O)O. The van der Waals surface area contributed by atoms with Gasteiger partial charge >= 0.3 is 0 Å². The van der Waals surface area contributed by atoms with Gasteiger partial charge in [-0.15, -0.1) is 0 Å². The smallest absolute Gasteiger partial charge is 0.279 e. The largest absolute Gasteiger partial charge is 0.493 e. The first kappa shape index (κ1) is 22.6. The Balaban J connectivity index is 2.75. The molecular weight excluding hydrogens is 386 g/mol. The third-order valence-corrected chi connectivity index (χ3v) is 4.13. The molecule has 2 atom stereocenters. The van der Waals surface area contributed by atoms with Gasteiger partial charge in [-0.1, -0.05) is 0 Å². The van der Waals surface area contributed by atoms with Gasteiger partial charge in [0.1, 0.15) is 12.6 Å². The van der Waals surface area contributed by atoms with Gasteiger partial charge in [0.05, 0.1) is 42.1 Å². The summed E-state index contributed by atoms with van der Waals surface area (Å²) in [6, 6.07) is 0.909. The van der Waals surface area contributed by atoms with Gasteiger partial charge in [-0.05, 0) is 13.0 Å². The maximum atomic E-state index is 11.6. The number of hydrogen-bond acceptors (Lipinski definition) is 9. The van der Waals surface area contributed by atoms with E-state index in [1.54, 1.807) is 0 Å². The third-order valence-electron chi connectivity index (χ3n) is 3.35. The summed E-state index contributed by atoms with van der Waals surface area (Å²) in [7, 11) is -3.08. The highest BCUT2D eigenvalue weighted by atomic mass is 32.2. The number of nitrogens with two attached hydrogens (primary N) is 1. The Labute approximate surface area is 155 Å². The molecule has 1 aromatic carbocycles. The Kier molecular flexibility index (Phi) is 7.90. The molecule has 152 valence electrons. The quantitative estimate of drug-likeness (QED) is 0.168. The minimum Gasteiger partial charge on any atom is -0.493 e. The Morgan fingerprint density at radius 2 is 2.04 bits per heavy atom. The molecule has 0 spiro atoms. The molecule has 0 fully saturated rings. The number of carbonyl (C=O) groups is 1. The molecule has 1 aromatic rings. The molecule has 0 radical (unpaired) electrons. The normalized spacial score (nSPS) is 13.5. The Hall–Kier alpha value is -2.48. The maximum absolute atomic E-state index is 11.6. The van der Waals surface area contributed by atoms with Crippen LogP contribution in [0.1, 0.15) is 18.6 Å². The van der Waals surface area contributed by atoms with E-state index in [1.165, 1.54) is 20.1 Å². The number of nitro benzene ring substituents is 1. The lowest BCUT2D eigenvalue weighted by Crippen LogP contribution is -2.45. The number of amides is 1. The summed E-state index contributed by atoms with van der Waals surface area (Å²) in [6.07, 6.45) is -1.10. The van der Waals surface area contributed by atoms with Gasteiger partial charge in [0, 0.05) is 0 Å². The van der Waals surface area contributed by atoms with E-state index in [1.807, 2.05) is 0 Å². The van der Waals surface area contributed by atoms with Crippen molar-refractivity contribution in [1.82, 2.24) is 5.32 Å². The molecule has 0 saturated heterocycles. The van der Waals surface area contributed by atoms with Crippen molar-refractivity contribution in [3.05, 3.63) is 27.8 Å². The van der Waals surface area contributed by atoms with Gasteiger partial charge in [-0.2, -0.15) is 8.42 Å². The van der Waals surface area contributed by atoms with Crippen LogP contribution in [0, 0.1) is 10.1 Å². The highest BCUT2D eigenvalue weighted by Crippen LogP contribution is 2.37. The van der Waals surface area contributed by atoms with Crippen LogP contribution in [0.2, 0.25) is 0 Å². The molecule has 13 heteroatoms. The summed E-state index contributed by atoms with van der Waals surface area (Å²) < 4.78 is 40.4. The molecule has 5 N–H and O–H groups in total. The van der Waals surface area contributed by atoms with Crippen LogP contribution in [0.5, 0.6) is 11.5 Å². The number of nitrogens with zero attached hydrogens (tertiary/aromatic N) is 1. The second-order valence-electron chi connectivity index (χ2n) is 5.49. The van der Waals surface area contributed by atoms with Crippen molar-refractivity contribution in [2.75, 3.05) is 26.0 Å². The van der Waals surface area contributed by atoms with E-state index in [4.69, 9.17) is 19.8 Å². The van der Waals surface area contributed by atoms with Gasteiger partial charge in [0.15, 0.2) is 11.5 Å². The van der Waals surface area contributed by atoms with Crippen LogP contribution >= 0.6 is 0 Å². The number of rotatable bonds is 10. The van der Waals surface area contributed by atoms with Crippen LogP contribution in [0.25, 0.3) is 0 Å². The minimum atomic E-state index is -4.39. The highest BCUT2D eigenvalue weighted by molar-refractivity contribution is 7.85. The van der Waals surface area contributed by atoms with Gasteiger partial charge in [0.2, 0.25) is 5.91 Å². The first-order valence-electron chi connectivity index (χ1n) is 7.62. The molecule has 0 aliphatic rings. The number of nitro groups is 1. The van der Waals surface area contributed by atoms with Gasteiger partial charge < -0.3 is 25.6 Å². The summed E-state index contributed by atoms with van der Waals surface area (Å²) in [6.45, 7) is 1.15. The van der Waals surface area contributed by atoms with Gasteiger partial charge in [0.25, 0.3) is 15.8 Å². The molecule has 1 rings (SSSR count). The number of aliphatic hydroxyl groups excluding tert-OH is 1. The lowest BCUT2D eigenvalue weighted by atomic mass is 10.1. The maximum Gasteiger partial charge on any atom is 0.279 e. The first-order valence-corrected chi connectivity index (χ1v) is 9.22. The highest BCUT2D eigenvalue weighted by Gasteiger charge is 2.23. The zero-order chi connectivity index (χ0) is 20.8. The van der Waals surface area contributed by atoms with Gasteiger partial charge in [-0.25, -0.2) is 0 Å². The fraction of sp³-hybridized carbons (Fsp3) is 0.500. The zero-order valence-electron chi connectivity index (χ0n) is 14.6. The minimum absolute atomic E-state index is 0.0186. The van der Waals surface area contributed by atoms with Crippen molar-refractivity contribution < 1.29 is 37.3 Å². The molecule has 0 saturated carbocycles. The monoisotopic (exact) mass is 407 g/mol. The van der Waals surface area contributed by atoms with Crippen LogP contribution in [0.3, 0.4) is 0 Å². The summed E-state index contributed by atoms with van der Waals surface area (Å²) >= 11 is 0. The van der Waals surface area contributed by atoms with Crippen LogP contribution in [0.4, 0.5) is 5.69 Å². The molecule has 12 nitrogen and oxygen atoms in total. The van der Waals surface area contributed by atoms with Crippen molar-refractivity contribution in [3.63, 3.8) is 0 Å². The topological polar surface area (TPSA) is 191 Å².